The first-order chi connectivity index (χ1) is 14.5. The van der Waals surface area contributed by atoms with Gasteiger partial charge in [0.25, 0.3) is 0 Å². The number of rotatable bonds is 9. The molecule has 1 N–H and O–H groups in total. The zero-order valence-electron chi connectivity index (χ0n) is 17.2. The molecule has 6 nitrogen and oxygen atoms in total. The van der Waals surface area contributed by atoms with E-state index in [1.54, 1.807) is 0 Å². The molecule has 2 atom stereocenters. The summed E-state index contributed by atoms with van der Waals surface area (Å²) < 4.78 is 10.7. The molecule has 0 amide bonds. The summed E-state index contributed by atoms with van der Waals surface area (Å²) in [7, 11) is 1.43. The maximum absolute atomic E-state index is 12.4. The first-order valence-electron chi connectivity index (χ1n) is 10.2. The maximum atomic E-state index is 12.4. The van der Waals surface area contributed by atoms with E-state index < -0.39 is 6.10 Å². The summed E-state index contributed by atoms with van der Waals surface area (Å²) in [6.07, 6.45) is 0.0134. The predicted octanol–water partition coefficient (Wildman–Crippen LogP) is 2.48. The lowest BCUT2D eigenvalue weighted by atomic mass is 10.0. The van der Waals surface area contributed by atoms with Crippen LogP contribution in [-0.4, -0.2) is 79.5 Å². The summed E-state index contributed by atoms with van der Waals surface area (Å²) in [6, 6.07) is 16.7. The van der Waals surface area contributed by atoms with Crippen molar-refractivity contribution in [3.05, 3.63) is 65.2 Å². The average molecular weight is 433 g/mol. The molecule has 1 heterocycles. The number of methoxy groups -OCH3 is 1. The number of hydrogen-bond donors (Lipinski definition) is 1. The van der Waals surface area contributed by atoms with Crippen LogP contribution < -0.4 is 4.74 Å². The molecule has 1 aliphatic heterocycles. The van der Waals surface area contributed by atoms with Gasteiger partial charge in [-0.25, -0.2) is 0 Å². The fourth-order valence-electron chi connectivity index (χ4n) is 3.66. The quantitative estimate of drug-likeness (QED) is 0.614. The fourth-order valence-corrected chi connectivity index (χ4v) is 3.78. The normalized spacial score (nSPS) is 17.3. The molecule has 0 aromatic heterocycles. The van der Waals surface area contributed by atoms with E-state index in [0.29, 0.717) is 18.0 Å². The smallest absolute Gasteiger partial charge is 0.323 e. The molecule has 7 heteroatoms. The Labute approximate surface area is 183 Å². The number of β-amino-alcohol motifs (C(OH)–C–C–N with tert-alkyl or cyclic N) is 1. The lowest BCUT2D eigenvalue weighted by Crippen LogP contribution is -2.54. The molecule has 2 aromatic rings. The minimum atomic E-state index is -0.567. The van der Waals surface area contributed by atoms with Gasteiger partial charge < -0.3 is 14.6 Å². The molecule has 1 saturated heterocycles. The van der Waals surface area contributed by atoms with Crippen molar-refractivity contribution >= 4 is 17.6 Å². The van der Waals surface area contributed by atoms with Gasteiger partial charge in [-0.3, -0.25) is 14.6 Å². The van der Waals surface area contributed by atoms with Crippen molar-refractivity contribution in [2.45, 2.75) is 18.6 Å². The van der Waals surface area contributed by atoms with Gasteiger partial charge in [-0.05, 0) is 36.2 Å². The Kier molecular flexibility index (Phi) is 8.51. The Morgan fingerprint density at radius 1 is 1.07 bits per heavy atom. The van der Waals surface area contributed by atoms with E-state index in [-0.39, 0.29) is 18.6 Å². The van der Waals surface area contributed by atoms with Crippen LogP contribution in [-0.2, 0) is 16.0 Å². The highest BCUT2D eigenvalue weighted by Crippen LogP contribution is 2.16. The molecule has 162 valence electrons. The second-order valence-electron chi connectivity index (χ2n) is 7.48. The topological polar surface area (TPSA) is 62.2 Å². The van der Waals surface area contributed by atoms with Crippen LogP contribution in [0, 0.1) is 0 Å². The summed E-state index contributed by atoms with van der Waals surface area (Å²) in [4.78, 5) is 16.8. The van der Waals surface area contributed by atoms with Crippen LogP contribution in [0.4, 0.5) is 0 Å². The largest absolute Gasteiger partial charge is 0.491 e. The number of nitrogens with zero attached hydrogens (tertiary/aromatic N) is 2. The molecule has 0 unspecified atom stereocenters. The third-order valence-corrected chi connectivity index (χ3v) is 5.57. The van der Waals surface area contributed by atoms with E-state index in [2.05, 4.69) is 9.80 Å². The number of esters is 1. The third kappa shape index (κ3) is 6.71. The van der Waals surface area contributed by atoms with Gasteiger partial charge >= 0.3 is 5.97 Å². The average Bonchev–Trinajstić information content (AvgIpc) is 2.78. The van der Waals surface area contributed by atoms with Crippen LogP contribution in [0.2, 0.25) is 5.02 Å². The number of carbonyl (C=O) groups is 1. The molecule has 0 bridgehead atoms. The zero-order chi connectivity index (χ0) is 21.3. The second-order valence-corrected chi connectivity index (χ2v) is 7.92. The van der Waals surface area contributed by atoms with Crippen molar-refractivity contribution < 1.29 is 19.4 Å². The zero-order valence-corrected chi connectivity index (χ0v) is 18.0. The van der Waals surface area contributed by atoms with Crippen LogP contribution in [0.15, 0.2) is 54.6 Å². The number of ether oxygens (including phenoxy) is 2. The highest BCUT2D eigenvalue weighted by atomic mass is 35.5. The van der Waals surface area contributed by atoms with E-state index in [9.17, 15) is 9.90 Å². The lowest BCUT2D eigenvalue weighted by Gasteiger charge is -2.38. The number of carbonyl (C=O) groups excluding carboxylic acids is 1. The summed E-state index contributed by atoms with van der Waals surface area (Å²) in [6.45, 7) is 3.82. The minimum absolute atomic E-state index is 0.227. The van der Waals surface area contributed by atoms with Gasteiger partial charge in [0, 0.05) is 37.7 Å². The minimum Gasteiger partial charge on any atom is -0.491 e. The van der Waals surface area contributed by atoms with Gasteiger partial charge in [-0.1, -0.05) is 41.9 Å². The number of piperazine rings is 1. The fraction of sp³-hybridized carbons (Fsp3) is 0.435. The summed E-state index contributed by atoms with van der Waals surface area (Å²) in [5, 5.41) is 11.0. The first kappa shape index (κ1) is 22.6. The van der Waals surface area contributed by atoms with Gasteiger partial charge in [0.2, 0.25) is 0 Å². The SMILES string of the molecule is COC(=O)[C@@H](Cc1ccc(Cl)cc1)N1CCN(C[C@H](O)COc2ccccc2)CC1. The van der Waals surface area contributed by atoms with Gasteiger partial charge in [-0.2, -0.15) is 0 Å². The van der Waals surface area contributed by atoms with Crippen LogP contribution in [0.25, 0.3) is 0 Å². The van der Waals surface area contributed by atoms with Crippen LogP contribution >= 0.6 is 11.6 Å². The molecule has 1 aliphatic rings. The number of para-hydroxylation sites is 1. The highest BCUT2D eigenvalue weighted by Gasteiger charge is 2.30. The van der Waals surface area contributed by atoms with Crippen LogP contribution in [0.5, 0.6) is 5.75 Å². The van der Waals surface area contributed by atoms with Crippen LogP contribution in [0.1, 0.15) is 5.56 Å². The van der Waals surface area contributed by atoms with Crippen molar-refractivity contribution in [3.63, 3.8) is 0 Å². The number of aliphatic hydroxyl groups excluding tert-OH is 1. The van der Waals surface area contributed by atoms with E-state index in [1.807, 2.05) is 54.6 Å². The third-order valence-electron chi connectivity index (χ3n) is 5.32. The molecule has 3 rings (SSSR count). The van der Waals surface area contributed by atoms with Crippen molar-refractivity contribution in [3.8, 4) is 5.75 Å². The first-order valence-corrected chi connectivity index (χ1v) is 10.6. The molecule has 0 spiro atoms. The van der Waals surface area contributed by atoms with Gasteiger partial charge in [-0.15, -0.1) is 0 Å². The van der Waals surface area contributed by atoms with Gasteiger partial charge in [0.15, 0.2) is 0 Å². The number of benzene rings is 2. The molecular formula is C23H29ClN2O4. The van der Waals surface area contributed by atoms with Gasteiger partial charge in [0.1, 0.15) is 24.5 Å². The van der Waals surface area contributed by atoms with E-state index in [1.165, 1.54) is 7.11 Å². The monoisotopic (exact) mass is 432 g/mol. The molecule has 0 saturated carbocycles. The van der Waals surface area contributed by atoms with Gasteiger partial charge in [0.05, 0.1) is 7.11 Å². The van der Waals surface area contributed by atoms with Crippen molar-refractivity contribution in [1.29, 1.82) is 0 Å². The number of halogens is 1. The van der Waals surface area contributed by atoms with Crippen LogP contribution in [0.3, 0.4) is 0 Å². The Morgan fingerprint density at radius 2 is 1.73 bits per heavy atom. The summed E-state index contributed by atoms with van der Waals surface area (Å²) in [5.74, 6) is 0.527. The molecular weight excluding hydrogens is 404 g/mol. The Bertz CT molecular complexity index is 780. The Morgan fingerprint density at radius 3 is 2.37 bits per heavy atom. The Balaban J connectivity index is 1.48. The van der Waals surface area contributed by atoms with E-state index >= 15 is 0 Å². The summed E-state index contributed by atoms with van der Waals surface area (Å²) in [5.41, 5.74) is 1.05. The lowest BCUT2D eigenvalue weighted by molar-refractivity contribution is -0.147. The summed E-state index contributed by atoms with van der Waals surface area (Å²) >= 11 is 5.96. The molecule has 2 aromatic carbocycles. The van der Waals surface area contributed by atoms with E-state index in [4.69, 9.17) is 21.1 Å². The predicted molar refractivity (Wildman–Crippen MR) is 117 cm³/mol. The van der Waals surface area contributed by atoms with Crippen molar-refractivity contribution in [1.82, 2.24) is 9.80 Å². The van der Waals surface area contributed by atoms with E-state index in [0.717, 1.165) is 37.5 Å². The highest BCUT2D eigenvalue weighted by molar-refractivity contribution is 6.30. The molecule has 1 fully saturated rings. The maximum Gasteiger partial charge on any atom is 0.323 e. The van der Waals surface area contributed by atoms with Crippen molar-refractivity contribution in [2.24, 2.45) is 0 Å². The van der Waals surface area contributed by atoms with Crippen molar-refractivity contribution in [2.75, 3.05) is 46.4 Å². The number of aliphatic hydroxyl groups is 1. The molecule has 30 heavy (non-hydrogen) atoms. The molecule has 0 aliphatic carbocycles. The second kappa shape index (κ2) is 11.3. The standard InChI is InChI=1S/C23H29ClN2O4/c1-29-23(28)22(15-18-7-9-19(24)10-8-18)26-13-11-25(12-14-26)16-20(27)17-30-21-5-3-2-4-6-21/h2-10,20,22,27H,11-17H2,1H3/t20-,22+/m0/s1. The molecule has 0 radical (unpaired) electrons. The Hall–Kier alpha value is -2.12. The number of hydrogen-bond acceptors (Lipinski definition) is 6.